The number of aryl methyl sites for hydroxylation is 2. The van der Waals surface area contributed by atoms with Crippen molar-refractivity contribution in [1.29, 1.82) is 0 Å². The topological polar surface area (TPSA) is 120 Å². The molecule has 0 saturated carbocycles. The Balaban J connectivity index is 1.70. The number of sulfonamides is 1. The average Bonchev–Trinajstić information content (AvgIpc) is 3.21. The summed E-state index contributed by atoms with van der Waals surface area (Å²) in [4.78, 5) is 16.2. The monoisotopic (exact) mass is 434 g/mol. The van der Waals surface area contributed by atoms with E-state index in [1.807, 2.05) is 0 Å². The Morgan fingerprint density at radius 3 is 2.69 bits per heavy atom. The molecule has 0 spiro atoms. The highest BCUT2D eigenvalue weighted by Crippen LogP contribution is 2.25. The predicted octanol–water partition coefficient (Wildman–Crippen LogP) is 3.10. The Labute approximate surface area is 170 Å². The van der Waals surface area contributed by atoms with Gasteiger partial charge < -0.3 is 8.94 Å². The van der Waals surface area contributed by atoms with Crippen molar-refractivity contribution in [1.82, 2.24) is 14.7 Å². The summed E-state index contributed by atoms with van der Waals surface area (Å²) >= 11 is 5.95. The molecule has 0 unspecified atom stereocenters. The molecule has 0 aliphatic rings. The summed E-state index contributed by atoms with van der Waals surface area (Å²) in [7, 11) is -3.92. The Bertz CT molecular complexity index is 1390. The Morgan fingerprint density at radius 2 is 1.97 bits per heavy atom. The average molecular weight is 435 g/mol. The minimum absolute atomic E-state index is 0.0369. The third-order valence-electron chi connectivity index (χ3n) is 4.26. The number of halogens is 1. The van der Waals surface area contributed by atoms with Crippen molar-refractivity contribution >= 4 is 38.4 Å². The molecule has 0 saturated heterocycles. The molecule has 0 bridgehead atoms. The maximum atomic E-state index is 12.8. The first-order valence-electron chi connectivity index (χ1n) is 8.44. The zero-order valence-electron chi connectivity index (χ0n) is 15.3. The lowest BCUT2D eigenvalue weighted by molar-refractivity contribution is 0.385. The summed E-state index contributed by atoms with van der Waals surface area (Å²) in [5.74, 6) is 0.0226. The van der Waals surface area contributed by atoms with Crippen molar-refractivity contribution in [2.75, 3.05) is 4.72 Å². The van der Waals surface area contributed by atoms with E-state index < -0.39 is 15.8 Å². The largest absolute Gasteiger partial charge is 0.420 e. The molecule has 1 N–H and O–H groups in total. The second kappa shape index (κ2) is 7.05. The van der Waals surface area contributed by atoms with Gasteiger partial charge in [0.05, 0.1) is 22.6 Å². The van der Waals surface area contributed by atoms with Gasteiger partial charge in [-0.1, -0.05) is 22.8 Å². The van der Waals surface area contributed by atoms with Crippen LogP contribution >= 0.6 is 11.6 Å². The van der Waals surface area contributed by atoms with E-state index in [4.69, 9.17) is 20.5 Å². The van der Waals surface area contributed by atoms with Crippen LogP contribution in [0.5, 0.6) is 0 Å². The highest BCUT2D eigenvalue weighted by Gasteiger charge is 2.19. The van der Waals surface area contributed by atoms with Gasteiger partial charge in [0.15, 0.2) is 11.4 Å². The number of nitrogens with one attached hydrogen (secondary N) is 1. The molecular weight excluding hydrogens is 420 g/mol. The lowest BCUT2D eigenvalue weighted by Crippen LogP contribution is -2.16. The first-order valence-corrected chi connectivity index (χ1v) is 10.3. The zero-order valence-corrected chi connectivity index (χ0v) is 16.9. The first-order chi connectivity index (χ1) is 13.7. The van der Waals surface area contributed by atoms with Crippen molar-refractivity contribution in [2.45, 2.75) is 25.3 Å². The van der Waals surface area contributed by atoms with Crippen LogP contribution in [0.3, 0.4) is 0 Å². The fourth-order valence-corrected chi connectivity index (χ4v) is 4.13. The minimum Gasteiger partial charge on any atom is -0.408 e. The maximum absolute atomic E-state index is 12.8. The Kier molecular flexibility index (Phi) is 4.67. The molecule has 11 heteroatoms. The molecule has 0 fully saturated rings. The molecule has 0 aliphatic heterocycles. The van der Waals surface area contributed by atoms with E-state index in [2.05, 4.69) is 14.9 Å². The number of hydrogen-bond donors (Lipinski definition) is 1. The van der Waals surface area contributed by atoms with Gasteiger partial charge in [-0.05, 0) is 36.8 Å². The second-order valence-electron chi connectivity index (χ2n) is 6.38. The summed E-state index contributed by atoms with van der Waals surface area (Å²) < 4.78 is 39.5. The van der Waals surface area contributed by atoms with Crippen LogP contribution < -0.4 is 10.5 Å². The molecule has 4 aromatic rings. The molecular formula is C18H15ClN4O5S. The number of benzene rings is 2. The van der Waals surface area contributed by atoms with Crippen molar-refractivity contribution in [3.05, 3.63) is 69.3 Å². The van der Waals surface area contributed by atoms with Crippen molar-refractivity contribution in [3.8, 4) is 0 Å². The predicted molar refractivity (Wildman–Crippen MR) is 106 cm³/mol. The van der Waals surface area contributed by atoms with Gasteiger partial charge in [0.25, 0.3) is 10.0 Å². The maximum Gasteiger partial charge on any atom is 0.420 e. The summed E-state index contributed by atoms with van der Waals surface area (Å²) in [6, 6.07) is 9.07. The summed E-state index contributed by atoms with van der Waals surface area (Å²) in [5.41, 5.74) is 1.62. The van der Waals surface area contributed by atoms with Crippen LogP contribution in [0, 0.1) is 13.8 Å². The van der Waals surface area contributed by atoms with Gasteiger partial charge in [-0.2, -0.15) is 4.98 Å². The number of nitrogens with zero attached hydrogens (tertiary/aromatic N) is 3. The van der Waals surface area contributed by atoms with E-state index in [9.17, 15) is 13.2 Å². The van der Waals surface area contributed by atoms with Gasteiger partial charge in [-0.3, -0.25) is 9.29 Å². The van der Waals surface area contributed by atoms with E-state index in [-0.39, 0.29) is 17.0 Å². The zero-order chi connectivity index (χ0) is 20.8. The van der Waals surface area contributed by atoms with Crippen molar-refractivity contribution in [2.24, 2.45) is 0 Å². The number of oxazole rings is 1. The number of hydrogen-bond acceptors (Lipinski definition) is 7. The van der Waals surface area contributed by atoms with Gasteiger partial charge in [0, 0.05) is 18.0 Å². The number of fused-ring (bicyclic) bond motifs is 1. The molecule has 4 rings (SSSR count). The van der Waals surface area contributed by atoms with Crippen LogP contribution in [0.1, 0.15) is 17.3 Å². The third-order valence-corrected chi connectivity index (χ3v) is 5.86. The van der Waals surface area contributed by atoms with Crippen LogP contribution in [0.25, 0.3) is 11.1 Å². The Morgan fingerprint density at radius 1 is 1.17 bits per heavy atom. The lowest BCUT2D eigenvalue weighted by atomic mass is 10.2. The van der Waals surface area contributed by atoms with Gasteiger partial charge in [-0.15, -0.1) is 0 Å². The summed E-state index contributed by atoms with van der Waals surface area (Å²) in [5, 5.41) is 4.16. The molecule has 0 radical (unpaired) electrons. The second-order valence-corrected chi connectivity index (χ2v) is 8.50. The minimum atomic E-state index is -3.92. The summed E-state index contributed by atoms with van der Waals surface area (Å²) in [6.07, 6.45) is 0. The van der Waals surface area contributed by atoms with E-state index in [1.54, 1.807) is 26.0 Å². The standard InChI is InChI=1S/C18H15ClN4O5S/c1-10-3-4-12(19)7-14(10)22-29(25,26)13-5-6-15-16(8-13)27-18(24)23(15)9-17-20-11(2)28-21-17/h3-8,22H,9H2,1-2H3. The molecule has 0 amide bonds. The van der Waals surface area contributed by atoms with E-state index in [0.29, 0.717) is 33.5 Å². The van der Waals surface area contributed by atoms with E-state index in [0.717, 1.165) is 0 Å². The van der Waals surface area contributed by atoms with Crippen molar-refractivity contribution in [3.63, 3.8) is 0 Å². The fraction of sp³-hybridized carbons (Fsp3) is 0.167. The smallest absolute Gasteiger partial charge is 0.408 e. The normalized spacial score (nSPS) is 11.8. The number of rotatable bonds is 5. The lowest BCUT2D eigenvalue weighted by Gasteiger charge is -2.11. The van der Waals surface area contributed by atoms with Gasteiger partial charge in [0.1, 0.15) is 0 Å². The third kappa shape index (κ3) is 3.76. The SMILES string of the molecule is Cc1nc(Cn2c(=O)oc3cc(S(=O)(=O)Nc4cc(Cl)ccc4C)ccc32)no1. The quantitative estimate of drug-likeness (QED) is 0.512. The molecule has 9 nitrogen and oxygen atoms in total. The highest BCUT2D eigenvalue weighted by molar-refractivity contribution is 7.92. The Hall–Kier alpha value is -3.11. The molecule has 2 aromatic heterocycles. The van der Waals surface area contributed by atoms with Crippen molar-refractivity contribution < 1.29 is 17.4 Å². The number of aromatic nitrogens is 3. The van der Waals surface area contributed by atoms with Gasteiger partial charge >= 0.3 is 5.76 Å². The van der Waals surface area contributed by atoms with Crippen LogP contribution in [0.2, 0.25) is 5.02 Å². The van der Waals surface area contributed by atoms with Gasteiger partial charge in [-0.25, -0.2) is 13.2 Å². The first kappa shape index (κ1) is 19.2. The molecule has 0 aliphatic carbocycles. The molecule has 29 heavy (non-hydrogen) atoms. The van der Waals surface area contributed by atoms with Crippen LogP contribution in [0.4, 0.5) is 5.69 Å². The van der Waals surface area contributed by atoms with E-state index in [1.165, 1.54) is 28.8 Å². The van der Waals surface area contributed by atoms with Crippen LogP contribution in [-0.4, -0.2) is 23.1 Å². The highest BCUT2D eigenvalue weighted by atomic mass is 35.5. The fourth-order valence-electron chi connectivity index (χ4n) is 2.82. The molecule has 150 valence electrons. The summed E-state index contributed by atoms with van der Waals surface area (Å²) in [6.45, 7) is 3.43. The van der Waals surface area contributed by atoms with E-state index >= 15 is 0 Å². The number of anilines is 1. The molecule has 2 heterocycles. The van der Waals surface area contributed by atoms with Gasteiger partial charge in [0.2, 0.25) is 5.89 Å². The van der Waals surface area contributed by atoms with Crippen LogP contribution in [0.15, 0.2) is 55.0 Å². The van der Waals surface area contributed by atoms with Crippen LogP contribution in [-0.2, 0) is 16.6 Å². The molecule has 2 aromatic carbocycles. The molecule has 0 atom stereocenters.